The first-order valence-electron chi connectivity index (χ1n) is 4.54. The largest absolute Gasteiger partial charge is 0.383 e. The third-order valence-corrected chi connectivity index (χ3v) is 2.40. The fraction of sp³-hybridized carbons (Fsp3) is 0.875. The molecule has 0 heterocycles. The van der Waals surface area contributed by atoms with Crippen molar-refractivity contribution in [3.63, 3.8) is 0 Å². The Morgan fingerprint density at radius 2 is 2.13 bits per heavy atom. The minimum absolute atomic E-state index is 0.145. The van der Waals surface area contributed by atoms with E-state index in [1.54, 1.807) is 7.11 Å². The van der Waals surface area contributed by atoms with E-state index >= 15 is 0 Å². The Morgan fingerprint density at radius 3 is 2.60 bits per heavy atom. The minimum Gasteiger partial charge on any atom is -0.383 e. The van der Waals surface area contributed by atoms with Gasteiger partial charge in [0, 0.05) is 26.0 Å². The number of ether oxygens (including phenoxy) is 1. The van der Waals surface area contributed by atoms with Gasteiger partial charge in [-0.3, -0.25) is 4.79 Å². The topological polar surface area (TPSA) is 98.5 Å². The fourth-order valence-corrected chi connectivity index (χ4v) is 1.56. The summed E-state index contributed by atoms with van der Waals surface area (Å²) >= 11 is 0. The number of hydrogen-bond acceptors (Lipinski definition) is 5. The van der Waals surface area contributed by atoms with Gasteiger partial charge in [0.1, 0.15) is 5.75 Å². The van der Waals surface area contributed by atoms with Crippen molar-refractivity contribution in [2.45, 2.75) is 12.5 Å². The predicted molar refractivity (Wildman–Crippen MR) is 57.2 cm³/mol. The van der Waals surface area contributed by atoms with Gasteiger partial charge in [-0.05, 0) is 6.42 Å². The molecule has 6 nitrogen and oxygen atoms in total. The van der Waals surface area contributed by atoms with Gasteiger partial charge >= 0.3 is 0 Å². The molecule has 0 saturated heterocycles. The zero-order valence-corrected chi connectivity index (χ0v) is 9.84. The van der Waals surface area contributed by atoms with Gasteiger partial charge < -0.3 is 15.8 Å². The van der Waals surface area contributed by atoms with Crippen molar-refractivity contribution in [2.75, 3.05) is 32.3 Å². The van der Waals surface area contributed by atoms with Crippen LogP contribution in [0.5, 0.6) is 0 Å². The highest BCUT2D eigenvalue weighted by atomic mass is 32.2. The monoisotopic (exact) mass is 238 g/mol. The van der Waals surface area contributed by atoms with Gasteiger partial charge in [-0.15, -0.1) is 0 Å². The Morgan fingerprint density at radius 1 is 1.53 bits per heavy atom. The Kier molecular flexibility index (Phi) is 6.46. The van der Waals surface area contributed by atoms with Crippen molar-refractivity contribution in [3.8, 4) is 0 Å². The smallest absolute Gasteiger partial charge is 0.235 e. The van der Waals surface area contributed by atoms with Crippen molar-refractivity contribution in [1.82, 2.24) is 5.32 Å². The van der Waals surface area contributed by atoms with E-state index in [0.717, 1.165) is 6.26 Å². The van der Waals surface area contributed by atoms with Gasteiger partial charge in [-0.25, -0.2) is 8.42 Å². The van der Waals surface area contributed by atoms with Gasteiger partial charge in [0.05, 0.1) is 6.61 Å². The van der Waals surface area contributed by atoms with Crippen LogP contribution in [0.3, 0.4) is 0 Å². The van der Waals surface area contributed by atoms with Crippen LogP contribution in [-0.2, 0) is 19.4 Å². The molecule has 0 aliphatic rings. The number of sulfone groups is 1. The molecule has 7 heteroatoms. The highest BCUT2D eigenvalue weighted by Gasteiger charge is 2.10. The van der Waals surface area contributed by atoms with Gasteiger partial charge in [0.2, 0.25) is 5.91 Å². The number of methoxy groups -OCH3 is 1. The first-order valence-corrected chi connectivity index (χ1v) is 6.60. The minimum atomic E-state index is -3.25. The van der Waals surface area contributed by atoms with E-state index in [0.29, 0.717) is 19.6 Å². The van der Waals surface area contributed by atoms with E-state index in [2.05, 4.69) is 5.32 Å². The Balaban J connectivity index is 3.64. The molecular formula is C8H18N2O4S. The highest BCUT2D eigenvalue weighted by molar-refractivity contribution is 7.91. The predicted octanol–water partition coefficient (Wildman–Crippen LogP) is -1.49. The van der Waals surface area contributed by atoms with Gasteiger partial charge in [0.15, 0.2) is 9.84 Å². The number of hydrogen-bond donors (Lipinski definition) is 2. The van der Waals surface area contributed by atoms with Crippen LogP contribution in [0, 0.1) is 0 Å². The molecular weight excluding hydrogens is 220 g/mol. The molecule has 1 amide bonds. The van der Waals surface area contributed by atoms with E-state index in [1.165, 1.54) is 0 Å². The molecule has 0 saturated carbocycles. The lowest BCUT2D eigenvalue weighted by molar-refractivity contribution is -0.118. The molecule has 90 valence electrons. The van der Waals surface area contributed by atoms with Crippen LogP contribution in [-0.4, -0.2) is 52.6 Å². The second-order valence-electron chi connectivity index (χ2n) is 3.42. The van der Waals surface area contributed by atoms with E-state index in [-0.39, 0.29) is 6.04 Å². The maximum Gasteiger partial charge on any atom is 0.235 e. The van der Waals surface area contributed by atoms with Crippen molar-refractivity contribution in [2.24, 2.45) is 5.73 Å². The Hall–Kier alpha value is -0.660. The van der Waals surface area contributed by atoms with Gasteiger partial charge in [-0.2, -0.15) is 0 Å². The van der Waals surface area contributed by atoms with Crippen molar-refractivity contribution in [1.29, 1.82) is 0 Å². The maximum absolute atomic E-state index is 11.0. The van der Waals surface area contributed by atoms with E-state index in [9.17, 15) is 13.2 Å². The molecule has 0 fully saturated rings. The molecule has 15 heavy (non-hydrogen) atoms. The zero-order valence-electron chi connectivity index (χ0n) is 9.02. The fourth-order valence-electron chi connectivity index (χ4n) is 0.984. The number of carbonyl (C=O) groups excluding carboxylic acids is 1. The SMILES string of the molecule is COCC(N)CCNC(=O)CS(C)(=O)=O. The summed E-state index contributed by atoms with van der Waals surface area (Å²) in [6, 6.07) is -0.145. The van der Waals surface area contributed by atoms with E-state index in [4.69, 9.17) is 10.5 Å². The Bertz CT molecular complexity index is 289. The standard InChI is InChI=1S/C8H18N2O4S/c1-14-5-7(9)3-4-10-8(11)6-15(2,12)13/h7H,3-6,9H2,1-2H3,(H,10,11). The number of carbonyl (C=O) groups is 1. The summed E-state index contributed by atoms with van der Waals surface area (Å²) in [6.45, 7) is 0.779. The maximum atomic E-state index is 11.0. The lowest BCUT2D eigenvalue weighted by Gasteiger charge is -2.10. The first kappa shape index (κ1) is 14.3. The van der Waals surface area contributed by atoms with Crippen LogP contribution in [0.25, 0.3) is 0 Å². The molecule has 0 aromatic carbocycles. The molecule has 0 radical (unpaired) electrons. The number of rotatable bonds is 7. The molecule has 3 N–H and O–H groups in total. The van der Waals surface area contributed by atoms with E-state index in [1.807, 2.05) is 0 Å². The second kappa shape index (κ2) is 6.76. The molecule has 0 aromatic heterocycles. The second-order valence-corrected chi connectivity index (χ2v) is 5.56. The summed E-state index contributed by atoms with van der Waals surface area (Å²) in [6.07, 6.45) is 1.58. The molecule has 0 rings (SSSR count). The van der Waals surface area contributed by atoms with Crippen LogP contribution in [0.4, 0.5) is 0 Å². The molecule has 0 bridgehead atoms. The third-order valence-electron chi connectivity index (χ3n) is 1.61. The molecule has 0 spiro atoms. The highest BCUT2D eigenvalue weighted by Crippen LogP contribution is 1.88. The zero-order chi connectivity index (χ0) is 11.9. The number of nitrogens with one attached hydrogen (secondary N) is 1. The van der Waals surface area contributed by atoms with Crippen LogP contribution in [0.2, 0.25) is 0 Å². The lowest BCUT2D eigenvalue weighted by Crippen LogP contribution is -2.35. The summed E-state index contributed by atoms with van der Waals surface area (Å²) < 4.78 is 26.3. The average molecular weight is 238 g/mol. The quantitative estimate of drug-likeness (QED) is 0.563. The summed E-state index contributed by atoms with van der Waals surface area (Å²) in [5, 5.41) is 2.47. The van der Waals surface area contributed by atoms with Crippen molar-refractivity contribution < 1.29 is 17.9 Å². The number of nitrogens with two attached hydrogens (primary N) is 1. The summed E-state index contributed by atoms with van der Waals surface area (Å²) in [5.74, 6) is -0.978. The molecule has 1 unspecified atom stereocenters. The van der Waals surface area contributed by atoms with Crippen molar-refractivity contribution in [3.05, 3.63) is 0 Å². The average Bonchev–Trinajstić information content (AvgIpc) is 2.00. The lowest BCUT2D eigenvalue weighted by atomic mass is 10.2. The summed E-state index contributed by atoms with van der Waals surface area (Å²) in [4.78, 5) is 11.0. The third kappa shape index (κ3) is 9.64. The number of amides is 1. The van der Waals surface area contributed by atoms with E-state index < -0.39 is 21.5 Å². The van der Waals surface area contributed by atoms with Gasteiger partial charge in [-0.1, -0.05) is 0 Å². The molecule has 0 aliphatic heterocycles. The Labute approximate surface area is 90.1 Å². The van der Waals surface area contributed by atoms with Crippen LogP contribution in [0.15, 0.2) is 0 Å². The molecule has 1 atom stereocenters. The van der Waals surface area contributed by atoms with Crippen LogP contribution < -0.4 is 11.1 Å². The van der Waals surface area contributed by atoms with Crippen LogP contribution >= 0.6 is 0 Å². The van der Waals surface area contributed by atoms with Gasteiger partial charge in [0.25, 0.3) is 0 Å². The van der Waals surface area contributed by atoms with Crippen LogP contribution in [0.1, 0.15) is 6.42 Å². The molecule has 0 aromatic rings. The molecule has 0 aliphatic carbocycles. The first-order chi connectivity index (χ1) is 6.85. The normalized spacial score (nSPS) is 13.5. The summed E-state index contributed by atoms with van der Waals surface area (Å²) in [7, 11) is -1.71. The summed E-state index contributed by atoms with van der Waals surface area (Å²) in [5.41, 5.74) is 5.60. The van der Waals surface area contributed by atoms with Crippen molar-refractivity contribution >= 4 is 15.7 Å².